The van der Waals surface area contributed by atoms with Gasteiger partial charge in [-0.1, -0.05) is 22.0 Å². The number of nitrogens with one attached hydrogen (secondary N) is 1. The number of rotatable bonds is 6. The molecule has 2 N–H and O–H groups in total. The fourth-order valence-corrected chi connectivity index (χ4v) is 5.49. The molecule has 3 rings (SSSR count). The smallest absolute Gasteiger partial charge is 0.185 e. The first-order chi connectivity index (χ1) is 12.4. The summed E-state index contributed by atoms with van der Waals surface area (Å²) in [5, 5.41) is 11.2. The van der Waals surface area contributed by atoms with Crippen LogP contribution >= 0.6 is 15.9 Å². The van der Waals surface area contributed by atoms with Gasteiger partial charge in [-0.15, -0.1) is 0 Å². The van der Waals surface area contributed by atoms with Crippen molar-refractivity contribution in [1.82, 2.24) is 5.32 Å². The van der Waals surface area contributed by atoms with Crippen molar-refractivity contribution in [3.63, 3.8) is 0 Å². The van der Waals surface area contributed by atoms with Crippen LogP contribution in [0.5, 0.6) is 5.75 Å². The van der Waals surface area contributed by atoms with Gasteiger partial charge in [0.1, 0.15) is 16.8 Å². The lowest BCUT2D eigenvalue weighted by molar-refractivity contribution is 0.207. The van der Waals surface area contributed by atoms with Crippen molar-refractivity contribution >= 4 is 25.8 Å². The topological polar surface area (TPSA) is 75.6 Å². The molecule has 2 aromatic carbocycles. The molecule has 2 aromatic rings. The van der Waals surface area contributed by atoms with Gasteiger partial charge in [-0.25, -0.2) is 12.8 Å². The predicted molar refractivity (Wildman–Crippen MR) is 99.4 cm³/mol. The number of hydrogen-bond acceptors (Lipinski definition) is 5. The highest BCUT2D eigenvalue weighted by Crippen LogP contribution is 2.44. The average molecular weight is 444 g/mol. The van der Waals surface area contributed by atoms with E-state index in [1.165, 1.54) is 12.1 Å². The third-order valence-electron chi connectivity index (χ3n) is 4.33. The Bertz CT molecular complexity index is 873. The summed E-state index contributed by atoms with van der Waals surface area (Å²) in [7, 11) is -3.76. The molecule has 2 unspecified atom stereocenters. The van der Waals surface area contributed by atoms with Crippen LogP contribution in [0.2, 0.25) is 0 Å². The molecule has 0 aromatic heterocycles. The van der Waals surface area contributed by atoms with E-state index in [9.17, 15) is 12.8 Å². The van der Waals surface area contributed by atoms with Gasteiger partial charge >= 0.3 is 0 Å². The molecule has 0 radical (unpaired) electrons. The van der Waals surface area contributed by atoms with Crippen molar-refractivity contribution in [2.75, 3.05) is 26.3 Å². The Kier molecular flexibility index (Phi) is 5.96. The van der Waals surface area contributed by atoms with Gasteiger partial charge < -0.3 is 15.2 Å². The van der Waals surface area contributed by atoms with Crippen molar-refractivity contribution in [2.24, 2.45) is 5.92 Å². The molecule has 26 heavy (non-hydrogen) atoms. The zero-order valence-electron chi connectivity index (χ0n) is 13.9. The van der Waals surface area contributed by atoms with Gasteiger partial charge in [-0.3, -0.25) is 0 Å². The molecular formula is C18H19BrFNO4S. The number of aliphatic hydroxyl groups excluding tert-OH is 1. The van der Waals surface area contributed by atoms with E-state index in [4.69, 9.17) is 9.84 Å². The average Bonchev–Trinajstić information content (AvgIpc) is 2.62. The van der Waals surface area contributed by atoms with Crippen LogP contribution in [-0.4, -0.2) is 39.8 Å². The fourth-order valence-electron chi connectivity index (χ4n) is 3.13. The summed E-state index contributed by atoms with van der Waals surface area (Å²) in [4.78, 5) is 0.0758. The van der Waals surface area contributed by atoms with E-state index in [1.54, 1.807) is 18.2 Å². The van der Waals surface area contributed by atoms with Crippen LogP contribution < -0.4 is 10.1 Å². The number of fused-ring (bicyclic) bond motifs is 1. The lowest BCUT2D eigenvalue weighted by atomic mass is 9.96. The van der Waals surface area contributed by atoms with Crippen LogP contribution in [0, 0.1) is 11.7 Å². The zero-order valence-corrected chi connectivity index (χ0v) is 16.3. The van der Waals surface area contributed by atoms with Crippen LogP contribution in [0.25, 0.3) is 0 Å². The molecule has 0 saturated carbocycles. The first-order valence-electron chi connectivity index (χ1n) is 8.17. The highest BCUT2D eigenvalue weighted by molar-refractivity contribution is 9.10. The Morgan fingerprint density at radius 1 is 1.23 bits per heavy atom. The summed E-state index contributed by atoms with van der Waals surface area (Å²) in [5.41, 5.74) is 0.583. The van der Waals surface area contributed by atoms with Crippen LogP contribution in [0.15, 0.2) is 51.8 Å². The largest absolute Gasteiger partial charge is 0.493 e. The maximum Gasteiger partial charge on any atom is 0.185 e. The second-order valence-corrected chi connectivity index (χ2v) is 9.09. The Labute approximate surface area is 160 Å². The molecule has 1 aliphatic heterocycles. The Balaban J connectivity index is 2.04. The second kappa shape index (κ2) is 8.04. The van der Waals surface area contributed by atoms with E-state index in [2.05, 4.69) is 21.2 Å². The van der Waals surface area contributed by atoms with Crippen molar-refractivity contribution < 1.29 is 22.7 Å². The van der Waals surface area contributed by atoms with E-state index in [1.807, 2.05) is 0 Å². The molecule has 140 valence electrons. The highest BCUT2D eigenvalue weighted by Gasteiger charge is 2.41. The lowest BCUT2D eigenvalue weighted by Crippen LogP contribution is -2.38. The lowest BCUT2D eigenvalue weighted by Gasteiger charge is -2.33. The van der Waals surface area contributed by atoms with Gasteiger partial charge in [0, 0.05) is 29.0 Å². The summed E-state index contributed by atoms with van der Waals surface area (Å²) in [6, 6.07) is 10.1. The summed E-state index contributed by atoms with van der Waals surface area (Å²) in [5.74, 6) is -0.305. The number of halogens is 2. The molecule has 1 aliphatic rings. The fraction of sp³-hybridized carbons (Fsp3) is 0.333. The minimum absolute atomic E-state index is 0.0352. The van der Waals surface area contributed by atoms with Gasteiger partial charge in [-0.2, -0.15) is 0 Å². The van der Waals surface area contributed by atoms with Gasteiger partial charge in [0.2, 0.25) is 0 Å². The van der Waals surface area contributed by atoms with E-state index in [-0.39, 0.29) is 24.0 Å². The van der Waals surface area contributed by atoms with E-state index in [0.717, 1.165) is 16.6 Å². The van der Waals surface area contributed by atoms with Crippen LogP contribution in [0.3, 0.4) is 0 Å². The molecule has 0 amide bonds. The quantitative estimate of drug-likeness (QED) is 0.530. The van der Waals surface area contributed by atoms with Crippen LogP contribution in [-0.2, 0) is 9.84 Å². The van der Waals surface area contributed by atoms with Gasteiger partial charge in [0.15, 0.2) is 9.84 Å². The number of ether oxygens (including phenoxy) is 1. The first-order valence-corrected chi connectivity index (χ1v) is 10.5. The molecule has 0 aliphatic carbocycles. The summed E-state index contributed by atoms with van der Waals surface area (Å²) >= 11 is 3.37. The number of aliphatic hydroxyl groups is 1. The van der Waals surface area contributed by atoms with Crippen molar-refractivity contribution in [3.05, 3.63) is 58.3 Å². The van der Waals surface area contributed by atoms with Crippen molar-refractivity contribution in [3.8, 4) is 5.75 Å². The number of sulfone groups is 1. The normalized spacial score (nSPS) is 19.7. The molecule has 8 heteroatoms. The molecular weight excluding hydrogens is 425 g/mol. The third-order valence-corrected chi connectivity index (χ3v) is 7.06. The Morgan fingerprint density at radius 3 is 2.65 bits per heavy atom. The molecule has 0 bridgehead atoms. The molecule has 0 saturated heterocycles. The predicted octanol–water partition coefficient (Wildman–Crippen LogP) is 2.69. The zero-order chi connectivity index (χ0) is 18.7. The molecule has 5 nitrogen and oxygen atoms in total. The summed E-state index contributed by atoms with van der Waals surface area (Å²) < 4.78 is 46.4. The summed E-state index contributed by atoms with van der Waals surface area (Å²) in [6.07, 6.45) is 0. The first kappa shape index (κ1) is 19.3. The molecule has 2 atom stereocenters. The van der Waals surface area contributed by atoms with Gasteiger partial charge in [0.05, 0.1) is 18.1 Å². The standard InChI is InChI=1S/C18H19BrFNO4S/c19-13-1-6-16-17(9-13)25-11-12(10-21-7-8-22)18(16)26(23,24)15-4-2-14(20)3-5-15/h1-6,9,12,18,21-22H,7-8,10-11H2. The van der Waals surface area contributed by atoms with Crippen molar-refractivity contribution in [2.45, 2.75) is 10.1 Å². The minimum Gasteiger partial charge on any atom is -0.493 e. The Morgan fingerprint density at radius 2 is 1.96 bits per heavy atom. The maximum absolute atomic E-state index is 13.3. The molecule has 0 fully saturated rings. The second-order valence-electron chi connectivity index (χ2n) is 6.10. The highest BCUT2D eigenvalue weighted by atomic mass is 79.9. The minimum atomic E-state index is -3.76. The number of benzene rings is 2. The SMILES string of the molecule is O=S(=O)(c1ccc(F)cc1)C1c2ccc(Br)cc2OCC1CNCCO. The van der Waals surface area contributed by atoms with E-state index in [0.29, 0.717) is 24.4 Å². The Hall–Kier alpha value is -1.48. The molecule has 0 spiro atoms. The number of hydrogen-bond donors (Lipinski definition) is 2. The monoisotopic (exact) mass is 443 g/mol. The van der Waals surface area contributed by atoms with Crippen LogP contribution in [0.4, 0.5) is 4.39 Å². The van der Waals surface area contributed by atoms with Crippen molar-refractivity contribution in [1.29, 1.82) is 0 Å². The van der Waals surface area contributed by atoms with Gasteiger partial charge in [-0.05, 0) is 36.4 Å². The van der Waals surface area contributed by atoms with E-state index < -0.39 is 20.9 Å². The van der Waals surface area contributed by atoms with E-state index >= 15 is 0 Å². The summed E-state index contributed by atoms with van der Waals surface area (Å²) in [6.45, 7) is 0.938. The molecule has 1 heterocycles. The van der Waals surface area contributed by atoms with Gasteiger partial charge in [0.25, 0.3) is 0 Å². The third kappa shape index (κ3) is 3.93. The van der Waals surface area contributed by atoms with Crippen LogP contribution in [0.1, 0.15) is 10.8 Å². The maximum atomic E-state index is 13.3.